The lowest BCUT2D eigenvalue weighted by molar-refractivity contribution is -0.193. The number of hydrogen-bond acceptors (Lipinski definition) is 4. The molecule has 0 spiro atoms. The van der Waals surface area contributed by atoms with Gasteiger partial charge in [0.2, 0.25) is 5.96 Å². The van der Waals surface area contributed by atoms with Crippen LogP contribution in [0.1, 0.15) is 34.1 Å². The van der Waals surface area contributed by atoms with Crippen molar-refractivity contribution in [3.05, 3.63) is 28.2 Å². The first-order valence-electron chi connectivity index (χ1n) is 7.48. The average molecular weight is 370 g/mol. The molecule has 1 fully saturated rings. The van der Waals surface area contributed by atoms with Crippen molar-refractivity contribution in [3.8, 4) is 6.19 Å². The average Bonchev–Trinajstić information content (AvgIpc) is 2.63. The van der Waals surface area contributed by atoms with Crippen molar-refractivity contribution < 1.29 is 5.21 Å². The zero-order valence-corrected chi connectivity index (χ0v) is 15.6. The van der Waals surface area contributed by atoms with Gasteiger partial charge in [-0.15, -0.1) is 0 Å². The van der Waals surface area contributed by atoms with Crippen LogP contribution >= 0.6 is 23.2 Å². The number of nitrogens with zero attached hydrogens (tertiary/aromatic N) is 4. The zero-order valence-electron chi connectivity index (χ0n) is 14.1. The van der Waals surface area contributed by atoms with Crippen LogP contribution in [-0.2, 0) is 0 Å². The smallest absolute Gasteiger partial charge is 0.209 e. The summed E-state index contributed by atoms with van der Waals surface area (Å²) in [5, 5.41) is 21.8. The minimum absolute atomic E-state index is 0.0417. The van der Waals surface area contributed by atoms with Gasteiger partial charge in [0, 0.05) is 5.54 Å². The first-order valence-corrected chi connectivity index (χ1v) is 8.23. The highest BCUT2D eigenvalue weighted by Crippen LogP contribution is 2.41. The normalized spacial score (nSPS) is 23.1. The Balaban J connectivity index is 2.35. The highest BCUT2D eigenvalue weighted by molar-refractivity contribution is 6.42. The Kier molecular flexibility index (Phi) is 5.03. The second-order valence-corrected chi connectivity index (χ2v) is 7.83. The Hall–Kier alpha value is -1.52. The van der Waals surface area contributed by atoms with Crippen molar-refractivity contribution in [2.24, 2.45) is 10.7 Å². The molecule has 1 aliphatic heterocycles. The van der Waals surface area contributed by atoms with Gasteiger partial charge in [0.15, 0.2) is 6.19 Å². The van der Waals surface area contributed by atoms with Gasteiger partial charge in [0.05, 0.1) is 27.3 Å². The third-order valence-electron chi connectivity index (χ3n) is 4.41. The zero-order chi connectivity index (χ0) is 18.3. The summed E-state index contributed by atoms with van der Waals surface area (Å²) in [7, 11) is 0. The monoisotopic (exact) mass is 369 g/mol. The third-order valence-corrected chi connectivity index (χ3v) is 5.15. The highest BCUT2D eigenvalue weighted by atomic mass is 35.5. The predicted molar refractivity (Wildman–Crippen MR) is 96.4 cm³/mol. The third kappa shape index (κ3) is 3.31. The molecule has 2 rings (SSSR count). The first-order chi connectivity index (χ1) is 11.0. The molecule has 0 aliphatic carbocycles. The fraction of sp³-hybridized carbons (Fsp3) is 0.500. The topological polar surface area (TPSA) is 88.9 Å². The molecule has 8 heteroatoms. The van der Waals surface area contributed by atoms with Crippen molar-refractivity contribution >= 4 is 34.8 Å². The summed E-state index contributed by atoms with van der Waals surface area (Å²) in [6.07, 6.45) is 2.61. The number of hydroxylamine groups is 2. The number of aliphatic imine (C=N–C) groups is 1. The maximum atomic E-state index is 10.4. The fourth-order valence-electron chi connectivity index (χ4n) is 3.02. The summed E-state index contributed by atoms with van der Waals surface area (Å²) < 4.78 is 0. The van der Waals surface area contributed by atoms with Crippen LogP contribution in [0.25, 0.3) is 0 Å². The number of rotatable bonds is 2. The predicted octanol–water partition coefficient (Wildman–Crippen LogP) is 3.62. The van der Waals surface area contributed by atoms with Crippen molar-refractivity contribution in [3.63, 3.8) is 0 Å². The molecule has 0 saturated carbocycles. The van der Waals surface area contributed by atoms with Gasteiger partial charge in [-0.2, -0.15) is 10.3 Å². The van der Waals surface area contributed by atoms with Crippen molar-refractivity contribution in [1.29, 1.82) is 5.26 Å². The van der Waals surface area contributed by atoms with E-state index in [1.165, 1.54) is 9.96 Å². The van der Waals surface area contributed by atoms with E-state index in [9.17, 15) is 10.5 Å². The fourth-order valence-corrected chi connectivity index (χ4v) is 3.31. The van der Waals surface area contributed by atoms with Crippen molar-refractivity contribution in [2.75, 3.05) is 4.90 Å². The molecular formula is C16H21Cl2N5O. The second-order valence-electron chi connectivity index (χ2n) is 7.02. The van der Waals surface area contributed by atoms with Crippen LogP contribution < -0.4 is 10.6 Å². The first kappa shape index (κ1) is 18.8. The molecular weight excluding hydrogens is 349 g/mol. The molecule has 1 saturated heterocycles. The molecule has 1 aromatic carbocycles. The van der Waals surface area contributed by atoms with Gasteiger partial charge < -0.3 is 10.9 Å². The highest BCUT2D eigenvalue weighted by Gasteiger charge is 2.51. The van der Waals surface area contributed by atoms with Gasteiger partial charge in [0.1, 0.15) is 0 Å². The van der Waals surface area contributed by atoms with E-state index >= 15 is 0 Å². The molecule has 0 radical (unpaired) electrons. The Morgan fingerprint density at radius 1 is 1.38 bits per heavy atom. The number of nitriles is 1. The van der Waals surface area contributed by atoms with Crippen LogP contribution in [0, 0.1) is 11.5 Å². The number of guanidine groups is 1. The summed E-state index contributed by atoms with van der Waals surface area (Å²) in [5.41, 5.74) is 5.50. The van der Waals surface area contributed by atoms with Crippen molar-refractivity contribution in [1.82, 2.24) is 5.06 Å². The molecule has 0 bridgehead atoms. The van der Waals surface area contributed by atoms with E-state index in [1.807, 2.05) is 33.9 Å². The van der Waals surface area contributed by atoms with Gasteiger partial charge in [-0.3, -0.25) is 0 Å². The van der Waals surface area contributed by atoms with E-state index < -0.39 is 11.1 Å². The molecule has 0 aromatic heterocycles. The number of anilines is 1. The van der Waals surface area contributed by atoms with Crippen LogP contribution in [0.5, 0.6) is 0 Å². The molecule has 1 aliphatic rings. The van der Waals surface area contributed by atoms with E-state index in [2.05, 4.69) is 4.99 Å². The molecule has 6 nitrogen and oxygen atoms in total. The van der Waals surface area contributed by atoms with Gasteiger partial charge >= 0.3 is 0 Å². The minimum Gasteiger partial charge on any atom is -0.369 e. The minimum atomic E-state index is -0.604. The van der Waals surface area contributed by atoms with Gasteiger partial charge in [-0.1, -0.05) is 23.2 Å². The Morgan fingerprint density at radius 2 is 2.00 bits per heavy atom. The number of benzene rings is 1. The maximum Gasteiger partial charge on any atom is 0.209 e. The summed E-state index contributed by atoms with van der Waals surface area (Å²) >= 11 is 11.9. The van der Waals surface area contributed by atoms with Gasteiger partial charge in [-0.05, 0) is 52.3 Å². The standard InChI is InChI=1S/C16H21Cl2N5O/c1-15(2)8-13(16(3,4)23(15)24)21-14(20)22(9-19)10-5-6-11(17)12(18)7-10/h5-7,13,24H,8H2,1-4H3,(H2,20,21). The van der Waals surface area contributed by atoms with Crippen LogP contribution in [0.4, 0.5) is 5.69 Å². The van der Waals surface area contributed by atoms with Gasteiger partial charge in [-0.25, -0.2) is 9.89 Å². The van der Waals surface area contributed by atoms with Crippen LogP contribution in [-0.4, -0.2) is 33.3 Å². The molecule has 1 aromatic rings. The van der Waals surface area contributed by atoms with E-state index in [0.29, 0.717) is 22.2 Å². The SMILES string of the molecule is CC1(C)CC(N=C(N)N(C#N)c2ccc(Cl)c(Cl)c2)C(C)(C)N1O. The number of nitrogens with two attached hydrogens (primary N) is 1. The molecule has 130 valence electrons. The lowest BCUT2D eigenvalue weighted by Crippen LogP contribution is -2.48. The van der Waals surface area contributed by atoms with Crippen molar-refractivity contribution in [2.45, 2.75) is 51.2 Å². The second kappa shape index (κ2) is 6.41. The van der Waals surface area contributed by atoms with Crippen LogP contribution in [0.15, 0.2) is 23.2 Å². The maximum absolute atomic E-state index is 10.4. The van der Waals surface area contributed by atoms with E-state index in [0.717, 1.165) is 0 Å². The Morgan fingerprint density at radius 3 is 2.46 bits per heavy atom. The molecule has 0 amide bonds. The van der Waals surface area contributed by atoms with Crippen LogP contribution in [0.2, 0.25) is 10.0 Å². The molecule has 24 heavy (non-hydrogen) atoms. The molecule has 1 atom stereocenters. The molecule has 3 N–H and O–H groups in total. The van der Waals surface area contributed by atoms with Gasteiger partial charge in [0.25, 0.3) is 0 Å². The number of hydrogen-bond donors (Lipinski definition) is 2. The van der Waals surface area contributed by atoms with E-state index in [4.69, 9.17) is 28.9 Å². The molecule has 1 unspecified atom stereocenters. The lowest BCUT2D eigenvalue weighted by atomic mass is 9.95. The van der Waals surface area contributed by atoms with E-state index in [1.54, 1.807) is 18.2 Å². The summed E-state index contributed by atoms with van der Waals surface area (Å²) in [4.78, 5) is 5.68. The number of halogens is 2. The van der Waals surface area contributed by atoms with Crippen LogP contribution in [0.3, 0.4) is 0 Å². The molecule has 1 heterocycles. The quantitative estimate of drug-likeness (QED) is 0.359. The Bertz CT molecular complexity index is 711. The summed E-state index contributed by atoms with van der Waals surface area (Å²) in [6, 6.07) is 4.52. The summed E-state index contributed by atoms with van der Waals surface area (Å²) in [5.74, 6) is 0.0417. The largest absolute Gasteiger partial charge is 0.369 e. The Labute approximate surface area is 152 Å². The summed E-state index contributed by atoms with van der Waals surface area (Å²) in [6.45, 7) is 7.64. The van der Waals surface area contributed by atoms with E-state index in [-0.39, 0.29) is 12.0 Å². The lowest BCUT2D eigenvalue weighted by Gasteiger charge is -2.35.